The Bertz CT molecular complexity index is 427. The quantitative estimate of drug-likeness (QED) is 0.835. The first-order valence-corrected chi connectivity index (χ1v) is 6.86. The molecule has 1 fully saturated rings. The summed E-state index contributed by atoms with van der Waals surface area (Å²) in [4.78, 5) is 14.1. The summed E-state index contributed by atoms with van der Waals surface area (Å²) in [5.41, 5.74) is 6.00. The number of benzene rings is 1. The third-order valence-corrected chi connectivity index (χ3v) is 3.73. The Morgan fingerprint density at radius 2 is 2.05 bits per heavy atom. The molecule has 0 aromatic heterocycles. The Balaban J connectivity index is 2.00. The van der Waals surface area contributed by atoms with Crippen LogP contribution >= 0.6 is 0 Å². The normalized spacial score (nSPS) is 18.8. The average molecular weight is 262 g/mol. The van der Waals surface area contributed by atoms with E-state index in [1.54, 1.807) is 4.90 Å². The van der Waals surface area contributed by atoms with Gasteiger partial charge in [0, 0.05) is 6.54 Å². The van der Waals surface area contributed by atoms with Crippen LogP contribution in [0.4, 0.5) is 0 Å². The van der Waals surface area contributed by atoms with E-state index in [1.807, 2.05) is 37.3 Å². The average Bonchev–Trinajstić information content (AvgIpc) is 2.38. The molecule has 3 N–H and O–H groups in total. The molecule has 2 rings (SSSR count). The van der Waals surface area contributed by atoms with Gasteiger partial charge in [-0.15, -0.1) is 0 Å². The van der Waals surface area contributed by atoms with Crippen LogP contribution in [0.1, 0.15) is 31.2 Å². The number of carbonyl (C=O) groups excluding carboxylic acids is 1. The molecule has 1 aromatic carbocycles. The summed E-state index contributed by atoms with van der Waals surface area (Å²) in [5.74, 6) is -0.276. The van der Waals surface area contributed by atoms with Crippen molar-refractivity contribution in [3.8, 4) is 0 Å². The monoisotopic (exact) mass is 262 g/mol. The highest BCUT2D eigenvalue weighted by molar-refractivity contribution is 5.85. The Hall–Kier alpha value is -1.39. The predicted molar refractivity (Wildman–Crippen MR) is 74.7 cm³/mol. The Labute approximate surface area is 114 Å². The highest BCUT2D eigenvalue weighted by atomic mass is 16.3. The fraction of sp³-hybridized carbons (Fsp3) is 0.533. The highest BCUT2D eigenvalue weighted by Crippen LogP contribution is 2.29. The van der Waals surface area contributed by atoms with Gasteiger partial charge in [0.15, 0.2) is 0 Å². The van der Waals surface area contributed by atoms with Crippen LogP contribution in [0.2, 0.25) is 0 Å². The summed E-state index contributed by atoms with van der Waals surface area (Å²) in [5, 5.41) is 10.1. The van der Waals surface area contributed by atoms with Crippen LogP contribution in [-0.4, -0.2) is 41.1 Å². The molecule has 0 bridgehead atoms. The molecule has 1 aromatic rings. The van der Waals surface area contributed by atoms with E-state index in [1.165, 1.54) is 0 Å². The fourth-order valence-electron chi connectivity index (χ4n) is 2.73. The van der Waals surface area contributed by atoms with Gasteiger partial charge in [-0.25, -0.2) is 0 Å². The maximum Gasteiger partial charge on any atom is 0.231 e. The van der Waals surface area contributed by atoms with Gasteiger partial charge >= 0.3 is 0 Å². The zero-order chi connectivity index (χ0) is 13.9. The SMILES string of the molecule is CCCC1(O)CN(C(=O)C(CN)c2ccccc2)C1. The number of hydrogen-bond acceptors (Lipinski definition) is 3. The van der Waals surface area contributed by atoms with Gasteiger partial charge in [0.2, 0.25) is 5.91 Å². The van der Waals surface area contributed by atoms with Gasteiger partial charge in [0.1, 0.15) is 0 Å². The third-order valence-electron chi connectivity index (χ3n) is 3.73. The van der Waals surface area contributed by atoms with Crippen LogP contribution in [0.3, 0.4) is 0 Å². The first kappa shape index (κ1) is 14.0. The second-order valence-corrected chi connectivity index (χ2v) is 5.37. The first-order chi connectivity index (χ1) is 9.09. The van der Waals surface area contributed by atoms with Crippen molar-refractivity contribution in [2.45, 2.75) is 31.3 Å². The van der Waals surface area contributed by atoms with Crippen LogP contribution in [0, 0.1) is 0 Å². The van der Waals surface area contributed by atoms with E-state index < -0.39 is 5.60 Å². The number of β-amino-alcohol motifs (C(OH)–C–C–N with tert-alkyl or cyclic N) is 1. The van der Waals surface area contributed by atoms with Crippen LogP contribution in [-0.2, 0) is 4.79 Å². The van der Waals surface area contributed by atoms with Crippen molar-refractivity contribution in [1.82, 2.24) is 4.90 Å². The lowest BCUT2D eigenvalue weighted by atomic mass is 9.87. The predicted octanol–water partition coefficient (Wildman–Crippen LogP) is 1.10. The standard InChI is InChI=1S/C15H22N2O2/c1-2-8-15(19)10-17(11-15)14(18)13(9-16)12-6-4-3-5-7-12/h3-7,13,19H,2,8-11,16H2,1H3. The van der Waals surface area contributed by atoms with E-state index in [-0.39, 0.29) is 11.8 Å². The molecule has 1 saturated heterocycles. The minimum atomic E-state index is -0.680. The summed E-state index contributed by atoms with van der Waals surface area (Å²) >= 11 is 0. The number of amides is 1. The summed E-state index contributed by atoms with van der Waals surface area (Å²) < 4.78 is 0. The fourth-order valence-corrected chi connectivity index (χ4v) is 2.73. The molecule has 1 amide bonds. The van der Waals surface area contributed by atoms with E-state index in [0.717, 1.165) is 18.4 Å². The first-order valence-electron chi connectivity index (χ1n) is 6.86. The van der Waals surface area contributed by atoms with Crippen LogP contribution in [0.5, 0.6) is 0 Å². The maximum atomic E-state index is 12.4. The highest BCUT2D eigenvalue weighted by Gasteiger charge is 2.44. The molecule has 1 atom stereocenters. The van der Waals surface area contributed by atoms with Crippen molar-refractivity contribution in [2.24, 2.45) is 5.73 Å². The molecular formula is C15H22N2O2. The molecule has 1 aliphatic heterocycles. The number of rotatable bonds is 5. The van der Waals surface area contributed by atoms with E-state index in [0.29, 0.717) is 19.6 Å². The lowest BCUT2D eigenvalue weighted by Gasteiger charge is -2.47. The number of nitrogens with zero attached hydrogens (tertiary/aromatic N) is 1. The van der Waals surface area contributed by atoms with E-state index >= 15 is 0 Å². The van der Waals surface area contributed by atoms with E-state index in [2.05, 4.69) is 0 Å². The Kier molecular flexibility index (Phi) is 4.22. The number of carbonyl (C=O) groups is 1. The minimum Gasteiger partial charge on any atom is -0.386 e. The molecule has 0 saturated carbocycles. The Morgan fingerprint density at radius 3 is 2.58 bits per heavy atom. The van der Waals surface area contributed by atoms with Crippen molar-refractivity contribution in [3.05, 3.63) is 35.9 Å². The number of likely N-dealkylation sites (tertiary alicyclic amines) is 1. The van der Waals surface area contributed by atoms with Gasteiger partial charge in [-0.1, -0.05) is 43.7 Å². The van der Waals surface area contributed by atoms with Crippen molar-refractivity contribution in [2.75, 3.05) is 19.6 Å². The van der Waals surface area contributed by atoms with Gasteiger partial charge < -0.3 is 15.7 Å². The van der Waals surface area contributed by atoms with Crippen molar-refractivity contribution in [1.29, 1.82) is 0 Å². The molecule has 104 valence electrons. The number of aliphatic hydroxyl groups is 1. The van der Waals surface area contributed by atoms with Crippen LogP contribution < -0.4 is 5.73 Å². The van der Waals surface area contributed by atoms with Crippen molar-refractivity contribution >= 4 is 5.91 Å². The molecule has 1 unspecified atom stereocenters. The second kappa shape index (κ2) is 5.72. The largest absolute Gasteiger partial charge is 0.386 e. The minimum absolute atomic E-state index is 0.0227. The zero-order valence-corrected chi connectivity index (χ0v) is 11.4. The number of hydrogen-bond donors (Lipinski definition) is 2. The van der Waals surface area contributed by atoms with Crippen molar-refractivity contribution < 1.29 is 9.90 Å². The Morgan fingerprint density at radius 1 is 1.42 bits per heavy atom. The number of nitrogens with two attached hydrogens (primary N) is 1. The summed E-state index contributed by atoms with van der Waals surface area (Å²) in [6.45, 7) is 3.20. The van der Waals surface area contributed by atoms with Gasteiger partial charge in [0.25, 0.3) is 0 Å². The summed E-state index contributed by atoms with van der Waals surface area (Å²) in [6, 6.07) is 9.59. The maximum absolute atomic E-state index is 12.4. The van der Waals surface area contributed by atoms with E-state index in [4.69, 9.17) is 5.73 Å². The zero-order valence-electron chi connectivity index (χ0n) is 11.4. The van der Waals surface area contributed by atoms with Crippen LogP contribution in [0.15, 0.2) is 30.3 Å². The molecule has 19 heavy (non-hydrogen) atoms. The molecular weight excluding hydrogens is 240 g/mol. The molecule has 0 spiro atoms. The smallest absolute Gasteiger partial charge is 0.231 e. The second-order valence-electron chi connectivity index (χ2n) is 5.37. The summed E-state index contributed by atoms with van der Waals surface area (Å²) in [7, 11) is 0. The van der Waals surface area contributed by atoms with E-state index in [9.17, 15) is 9.90 Å². The lowest BCUT2D eigenvalue weighted by Crippen LogP contribution is -2.64. The van der Waals surface area contributed by atoms with Gasteiger partial charge in [0.05, 0.1) is 24.6 Å². The molecule has 4 heteroatoms. The van der Waals surface area contributed by atoms with Gasteiger partial charge in [-0.05, 0) is 12.0 Å². The summed E-state index contributed by atoms with van der Waals surface area (Å²) in [6.07, 6.45) is 1.67. The molecule has 4 nitrogen and oxygen atoms in total. The molecule has 0 aliphatic carbocycles. The molecule has 1 aliphatic rings. The molecule has 1 heterocycles. The van der Waals surface area contributed by atoms with Crippen LogP contribution in [0.25, 0.3) is 0 Å². The topological polar surface area (TPSA) is 66.6 Å². The van der Waals surface area contributed by atoms with Gasteiger partial charge in [-0.2, -0.15) is 0 Å². The van der Waals surface area contributed by atoms with Crippen molar-refractivity contribution in [3.63, 3.8) is 0 Å². The third kappa shape index (κ3) is 2.96. The lowest BCUT2D eigenvalue weighted by molar-refractivity contribution is -0.157. The molecule has 0 radical (unpaired) electrons. The van der Waals surface area contributed by atoms with Gasteiger partial charge in [-0.3, -0.25) is 4.79 Å².